The fourth-order valence-corrected chi connectivity index (χ4v) is 4.26. The number of fused-ring (bicyclic) bond motifs is 1. The van der Waals surface area contributed by atoms with Crippen molar-refractivity contribution in [1.29, 1.82) is 5.26 Å². The monoisotopic (exact) mass is 465 g/mol. The normalized spacial score (nSPS) is 14.1. The number of rotatable bonds is 7. The topological polar surface area (TPSA) is 88.5 Å². The average Bonchev–Trinajstić information content (AvgIpc) is 3.13. The molecule has 0 radical (unpaired) electrons. The Hall–Kier alpha value is -4.37. The third-order valence-corrected chi connectivity index (χ3v) is 6.32. The van der Waals surface area contributed by atoms with Crippen molar-refractivity contribution in [3.05, 3.63) is 95.3 Å². The van der Waals surface area contributed by atoms with Crippen LogP contribution < -0.4 is 20.4 Å². The van der Waals surface area contributed by atoms with E-state index in [1.54, 1.807) is 29.0 Å². The maximum Gasteiger partial charge on any atom is 0.246 e. The Labute approximate surface area is 205 Å². The minimum Gasteiger partial charge on any atom is -0.324 e. The number of amides is 1. The first-order chi connectivity index (χ1) is 16.9. The smallest absolute Gasteiger partial charge is 0.246 e. The Balaban J connectivity index is 1.52. The second kappa shape index (κ2) is 10.3. The van der Waals surface area contributed by atoms with Gasteiger partial charge in [0.05, 0.1) is 23.0 Å². The molecule has 2 N–H and O–H groups in total. The fraction of sp³-hybridized carbons (Fsp3) is 0.214. The zero-order chi connectivity index (χ0) is 24.9. The van der Waals surface area contributed by atoms with E-state index in [4.69, 9.17) is 5.26 Å². The molecule has 4 rings (SSSR count). The van der Waals surface area contributed by atoms with E-state index in [0.29, 0.717) is 23.6 Å². The van der Waals surface area contributed by atoms with Gasteiger partial charge in [0.1, 0.15) is 6.04 Å². The molecule has 0 saturated heterocycles. The second-order valence-electron chi connectivity index (χ2n) is 8.62. The number of nitrogens with one attached hydrogen (secondary N) is 2. The molecular weight excluding hydrogens is 438 g/mol. The van der Waals surface area contributed by atoms with E-state index >= 15 is 0 Å². The van der Waals surface area contributed by atoms with Crippen LogP contribution in [0.2, 0.25) is 0 Å². The summed E-state index contributed by atoms with van der Waals surface area (Å²) in [6.45, 7) is 2.66. The molecule has 7 heteroatoms. The summed E-state index contributed by atoms with van der Waals surface area (Å²) in [5, 5.41) is 15.5. The summed E-state index contributed by atoms with van der Waals surface area (Å²) in [6.07, 6.45) is 0. The minimum absolute atomic E-state index is 0.138. The molecule has 176 valence electrons. The number of carbonyl (C=O) groups is 1. The summed E-state index contributed by atoms with van der Waals surface area (Å²) in [7, 11) is 3.61. The molecule has 1 aliphatic rings. The number of hydrogen-bond donors (Lipinski definition) is 2. The molecule has 3 aromatic carbocycles. The molecular formula is C28H27N5O2. The lowest BCUT2D eigenvalue weighted by molar-refractivity contribution is -0.118. The molecule has 35 heavy (non-hydrogen) atoms. The lowest BCUT2D eigenvalue weighted by atomic mass is 9.98. The van der Waals surface area contributed by atoms with Crippen LogP contribution in [0.3, 0.4) is 0 Å². The molecule has 0 bridgehead atoms. The van der Waals surface area contributed by atoms with Gasteiger partial charge in [-0.25, -0.2) is 4.79 Å². The average molecular weight is 466 g/mol. The third kappa shape index (κ3) is 4.95. The quantitative estimate of drug-likeness (QED) is 0.509. The van der Waals surface area contributed by atoms with Crippen molar-refractivity contribution in [2.75, 3.05) is 35.8 Å². The van der Waals surface area contributed by atoms with Gasteiger partial charge in [0.15, 0.2) is 11.8 Å². The van der Waals surface area contributed by atoms with E-state index < -0.39 is 6.04 Å². The number of nitrogens with zero attached hydrogens (tertiary/aromatic N) is 3. The summed E-state index contributed by atoms with van der Waals surface area (Å²) in [4.78, 5) is 28.3. The van der Waals surface area contributed by atoms with Crippen LogP contribution in [0, 0.1) is 11.3 Å². The first-order valence-electron chi connectivity index (χ1n) is 11.4. The van der Waals surface area contributed by atoms with E-state index in [9.17, 15) is 9.59 Å². The summed E-state index contributed by atoms with van der Waals surface area (Å²) in [5.41, 5.74) is 4.91. The van der Waals surface area contributed by atoms with Gasteiger partial charge in [-0.2, -0.15) is 5.26 Å². The van der Waals surface area contributed by atoms with Crippen LogP contribution in [-0.2, 0) is 9.59 Å². The minimum atomic E-state index is -0.559. The Morgan fingerprint density at radius 2 is 1.63 bits per heavy atom. The van der Waals surface area contributed by atoms with Crippen molar-refractivity contribution < 1.29 is 9.59 Å². The van der Waals surface area contributed by atoms with Gasteiger partial charge in [0, 0.05) is 26.3 Å². The highest BCUT2D eigenvalue weighted by atomic mass is 16.2. The summed E-state index contributed by atoms with van der Waals surface area (Å²) in [5.74, 6) is 2.34. The molecule has 0 saturated carbocycles. The van der Waals surface area contributed by atoms with Crippen LogP contribution in [0.4, 0.5) is 17.1 Å². The van der Waals surface area contributed by atoms with Crippen LogP contribution in [0.1, 0.15) is 35.6 Å². The molecule has 1 amide bonds. The largest absolute Gasteiger partial charge is 0.324 e. The van der Waals surface area contributed by atoms with Crippen molar-refractivity contribution in [1.82, 2.24) is 5.32 Å². The van der Waals surface area contributed by atoms with Crippen molar-refractivity contribution in [2.24, 2.45) is 0 Å². The molecule has 0 spiro atoms. The number of anilines is 3. The maximum atomic E-state index is 13.4. The molecule has 1 heterocycles. The highest BCUT2D eigenvalue weighted by Crippen LogP contribution is 2.40. The zero-order valence-corrected chi connectivity index (χ0v) is 19.9. The lowest BCUT2D eigenvalue weighted by Gasteiger charge is -2.22. The van der Waals surface area contributed by atoms with Crippen LogP contribution in [0.25, 0.3) is 0 Å². The molecule has 3 aromatic rings. The lowest BCUT2D eigenvalue weighted by Crippen LogP contribution is -2.35. The predicted octanol–water partition coefficient (Wildman–Crippen LogP) is 4.19. The van der Waals surface area contributed by atoms with E-state index in [1.807, 2.05) is 73.7 Å². The third-order valence-electron chi connectivity index (χ3n) is 6.32. The van der Waals surface area contributed by atoms with Crippen LogP contribution >= 0.6 is 0 Å². The molecule has 0 aromatic heterocycles. The zero-order valence-electron chi connectivity index (χ0n) is 19.9. The van der Waals surface area contributed by atoms with Gasteiger partial charge in [-0.05, 0) is 47.4 Å². The summed E-state index contributed by atoms with van der Waals surface area (Å²) >= 11 is 0. The summed E-state index contributed by atoms with van der Waals surface area (Å²) in [6, 6.07) is 24.2. The van der Waals surface area contributed by atoms with Gasteiger partial charge in [-0.3, -0.25) is 4.79 Å². The first kappa shape index (κ1) is 23.8. The molecule has 0 unspecified atom stereocenters. The Morgan fingerprint density at radius 1 is 0.943 bits per heavy atom. The Kier molecular flexibility index (Phi) is 6.98. The van der Waals surface area contributed by atoms with Crippen molar-refractivity contribution >= 4 is 28.9 Å². The van der Waals surface area contributed by atoms with E-state index in [0.717, 1.165) is 22.5 Å². The van der Waals surface area contributed by atoms with Gasteiger partial charge in [-0.1, -0.05) is 49.4 Å². The molecule has 0 fully saturated rings. The van der Waals surface area contributed by atoms with Gasteiger partial charge in [0.25, 0.3) is 0 Å². The van der Waals surface area contributed by atoms with E-state index in [-0.39, 0.29) is 11.8 Å². The van der Waals surface area contributed by atoms with E-state index in [1.165, 1.54) is 0 Å². The van der Waals surface area contributed by atoms with Crippen LogP contribution in [-0.4, -0.2) is 32.5 Å². The standard InChI is InChI=1S/C28H27N5O2/c1-19(21-11-9-20(16-29)10-12-21)17-30-27(22-7-5-4-6-8-22)28(35)31-23-13-14-24-25(15-23)33(3)26(18-34)32(24)2/h4-15,19,27,30H,17H2,1-3H3,(H,31,35)/t19-,27-/m1/s1. The van der Waals surface area contributed by atoms with Crippen molar-refractivity contribution in [3.8, 4) is 6.07 Å². The Bertz CT molecular complexity index is 1310. The molecule has 0 aliphatic carbocycles. The Morgan fingerprint density at radius 3 is 2.29 bits per heavy atom. The number of carbonyl (C=O) groups excluding carboxylic acids is 2. The SMILES string of the molecule is C[C@H](CN[C@@H](C(=O)Nc1ccc2c(c1)N(C)C(=C=O)N2C)c1ccccc1)c1ccc(C#N)cc1. The number of benzene rings is 3. The van der Waals surface area contributed by atoms with Gasteiger partial charge >= 0.3 is 0 Å². The van der Waals surface area contributed by atoms with Crippen LogP contribution in [0.5, 0.6) is 0 Å². The van der Waals surface area contributed by atoms with Gasteiger partial charge in [0.2, 0.25) is 5.91 Å². The van der Waals surface area contributed by atoms with Crippen molar-refractivity contribution in [3.63, 3.8) is 0 Å². The van der Waals surface area contributed by atoms with Gasteiger partial charge in [-0.15, -0.1) is 0 Å². The second-order valence-corrected chi connectivity index (χ2v) is 8.62. The highest BCUT2D eigenvalue weighted by Gasteiger charge is 2.28. The molecule has 7 nitrogen and oxygen atoms in total. The number of hydrogen-bond acceptors (Lipinski definition) is 6. The molecule has 1 aliphatic heterocycles. The fourth-order valence-electron chi connectivity index (χ4n) is 4.26. The first-order valence-corrected chi connectivity index (χ1v) is 11.4. The van der Waals surface area contributed by atoms with E-state index in [2.05, 4.69) is 23.6 Å². The van der Waals surface area contributed by atoms with Crippen molar-refractivity contribution in [2.45, 2.75) is 18.9 Å². The highest BCUT2D eigenvalue weighted by molar-refractivity contribution is 5.97. The predicted molar refractivity (Wildman–Crippen MR) is 138 cm³/mol. The molecule has 2 atom stereocenters. The summed E-state index contributed by atoms with van der Waals surface area (Å²) < 4.78 is 0. The number of nitriles is 1. The van der Waals surface area contributed by atoms with Crippen LogP contribution in [0.15, 0.2) is 78.6 Å². The maximum absolute atomic E-state index is 13.4. The van der Waals surface area contributed by atoms with Gasteiger partial charge < -0.3 is 20.4 Å².